The molecule has 0 bridgehead atoms. The number of ether oxygens (including phenoxy) is 2. The molecule has 2 aromatic carbocycles. The molecule has 0 radical (unpaired) electrons. The van der Waals surface area contributed by atoms with Crippen LogP contribution < -0.4 is 14.8 Å². The first kappa shape index (κ1) is 20.3. The number of benzene rings is 2. The van der Waals surface area contributed by atoms with Gasteiger partial charge in [-0.2, -0.15) is 0 Å². The number of hydrogen-bond donors (Lipinski definition) is 1. The summed E-state index contributed by atoms with van der Waals surface area (Å²) in [6.45, 7) is 0.0380. The van der Waals surface area contributed by atoms with E-state index in [1.165, 1.54) is 7.11 Å². The average Bonchev–Trinajstić information content (AvgIpc) is 2.69. The van der Waals surface area contributed by atoms with Crippen molar-refractivity contribution in [1.29, 1.82) is 0 Å². The van der Waals surface area contributed by atoms with Crippen LogP contribution in [-0.4, -0.2) is 18.0 Å². The molecule has 3 aromatic rings. The molecular weight excluding hydrogens is 423 g/mol. The topological polar surface area (TPSA) is 60.5 Å². The van der Waals surface area contributed by atoms with Gasteiger partial charge in [0.25, 0.3) is 5.91 Å². The summed E-state index contributed by atoms with van der Waals surface area (Å²) in [5, 5.41) is 4.16. The maximum atomic E-state index is 12.8. The highest BCUT2D eigenvalue weighted by Gasteiger charge is 2.16. The first-order valence-electron chi connectivity index (χ1n) is 8.14. The van der Waals surface area contributed by atoms with Crippen LogP contribution in [0.1, 0.15) is 16.1 Å². The largest absolute Gasteiger partial charge is 0.495 e. The van der Waals surface area contributed by atoms with Crippen molar-refractivity contribution in [3.63, 3.8) is 0 Å². The zero-order valence-corrected chi connectivity index (χ0v) is 17.0. The van der Waals surface area contributed by atoms with E-state index >= 15 is 0 Å². The lowest BCUT2D eigenvalue weighted by molar-refractivity contribution is 0.102. The van der Waals surface area contributed by atoms with Crippen LogP contribution in [0.2, 0.25) is 15.1 Å². The number of carbonyl (C=O) groups excluding carboxylic acids is 1. The number of pyridine rings is 1. The van der Waals surface area contributed by atoms with Gasteiger partial charge in [-0.15, -0.1) is 0 Å². The standard InChI is InChI=1S/C20H15Cl3N2O3/c1-27-18-7-5-12(21)9-16(18)25-20(26)14-3-2-8-24-17(14)11-28-19-10-13(22)4-6-15(19)23/h2-10H,11H2,1H3,(H,25,26). The van der Waals surface area contributed by atoms with Crippen molar-refractivity contribution in [2.75, 3.05) is 12.4 Å². The van der Waals surface area contributed by atoms with Crippen LogP contribution in [0.25, 0.3) is 0 Å². The molecule has 0 atom stereocenters. The Morgan fingerprint density at radius 2 is 1.79 bits per heavy atom. The minimum Gasteiger partial charge on any atom is -0.495 e. The molecule has 3 rings (SSSR count). The Bertz CT molecular complexity index is 1010. The molecule has 5 nitrogen and oxygen atoms in total. The van der Waals surface area contributed by atoms with Gasteiger partial charge in [0.1, 0.15) is 18.1 Å². The van der Waals surface area contributed by atoms with E-state index in [4.69, 9.17) is 44.3 Å². The molecule has 0 saturated heterocycles. The number of halogens is 3. The van der Waals surface area contributed by atoms with Crippen molar-refractivity contribution >= 4 is 46.4 Å². The lowest BCUT2D eigenvalue weighted by Crippen LogP contribution is -2.16. The van der Waals surface area contributed by atoms with Crippen LogP contribution >= 0.6 is 34.8 Å². The molecule has 1 heterocycles. The number of amides is 1. The third-order valence-electron chi connectivity index (χ3n) is 3.80. The van der Waals surface area contributed by atoms with Gasteiger partial charge in [-0.25, -0.2) is 0 Å². The molecule has 0 saturated carbocycles. The van der Waals surface area contributed by atoms with Gasteiger partial charge < -0.3 is 14.8 Å². The normalized spacial score (nSPS) is 10.4. The van der Waals surface area contributed by atoms with Gasteiger partial charge in [-0.3, -0.25) is 9.78 Å². The molecule has 0 aliphatic heterocycles. The van der Waals surface area contributed by atoms with Crippen molar-refractivity contribution < 1.29 is 14.3 Å². The van der Waals surface area contributed by atoms with E-state index in [1.807, 2.05) is 0 Å². The number of carbonyl (C=O) groups is 1. The highest BCUT2D eigenvalue weighted by molar-refractivity contribution is 6.34. The van der Waals surface area contributed by atoms with E-state index in [-0.39, 0.29) is 12.5 Å². The second-order valence-electron chi connectivity index (χ2n) is 5.66. The molecule has 1 aromatic heterocycles. The number of anilines is 1. The summed E-state index contributed by atoms with van der Waals surface area (Å²) >= 11 is 18.1. The van der Waals surface area contributed by atoms with Crippen LogP contribution in [0.5, 0.6) is 11.5 Å². The van der Waals surface area contributed by atoms with Crippen molar-refractivity contribution in [3.8, 4) is 11.5 Å². The second kappa shape index (κ2) is 9.15. The van der Waals surface area contributed by atoms with Crippen LogP contribution in [-0.2, 0) is 6.61 Å². The summed E-state index contributed by atoms with van der Waals surface area (Å²) in [7, 11) is 1.51. The Kier molecular flexibility index (Phi) is 6.62. The SMILES string of the molecule is COc1ccc(Cl)cc1NC(=O)c1cccnc1COc1cc(Cl)ccc1Cl. The minimum absolute atomic E-state index is 0.0380. The fourth-order valence-electron chi connectivity index (χ4n) is 2.46. The summed E-state index contributed by atoms with van der Waals surface area (Å²) < 4.78 is 11.0. The quantitative estimate of drug-likeness (QED) is 0.523. The first-order valence-corrected chi connectivity index (χ1v) is 9.28. The molecule has 28 heavy (non-hydrogen) atoms. The number of nitrogens with zero attached hydrogens (tertiary/aromatic N) is 1. The van der Waals surface area contributed by atoms with Crippen LogP contribution in [0, 0.1) is 0 Å². The molecule has 1 N–H and O–H groups in total. The summed E-state index contributed by atoms with van der Waals surface area (Å²) in [4.78, 5) is 17.0. The summed E-state index contributed by atoms with van der Waals surface area (Å²) in [5.41, 5.74) is 1.24. The van der Waals surface area contributed by atoms with Gasteiger partial charge >= 0.3 is 0 Å². The van der Waals surface area contributed by atoms with E-state index < -0.39 is 0 Å². The minimum atomic E-state index is -0.371. The lowest BCUT2D eigenvalue weighted by atomic mass is 10.1. The van der Waals surface area contributed by atoms with E-state index in [2.05, 4.69) is 10.3 Å². The molecule has 0 aliphatic carbocycles. The number of hydrogen-bond acceptors (Lipinski definition) is 4. The average molecular weight is 438 g/mol. The molecule has 0 aliphatic rings. The Hall–Kier alpha value is -2.47. The van der Waals surface area contributed by atoms with E-state index in [1.54, 1.807) is 54.7 Å². The molecule has 0 spiro atoms. The zero-order valence-electron chi connectivity index (χ0n) is 14.7. The Labute approximate surface area is 177 Å². The molecule has 144 valence electrons. The van der Waals surface area contributed by atoms with Gasteiger partial charge in [0.05, 0.1) is 29.1 Å². The predicted octanol–water partition coefficient (Wildman–Crippen LogP) is 5.88. The Morgan fingerprint density at radius 1 is 1.04 bits per heavy atom. The fraction of sp³-hybridized carbons (Fsp3) is 0.100. The number of methoxy groups -OCH3 is 1. The monoisotopic (exact) mass is 436 g/mol. The highest BCUT2D eigenvalue weighted by Crippen LogP contribution is 2.30. The molecule has 8 heteroatoms. The second-order valence-corrected chi connectivity index (χ2v) is 6.94. The van der Waals surface area contributed by atoms with Gasteiger partial charge in [-0.05, 0) is 42.5 Å². The van der Waals surface area contributed by atoms with Crippen molar-refractivity contribution in [2.45, 2.75) is 6.61 Å². The number of rotatable bonds is 6. The number of aromatic nitrogens is 1. The molecular formula is C20H15Cl3N2O3. The van der Waals surface area contributed by atoms with Crippen molar-refractivity contribution in [3.05, 3.63) is 81.1 Å². The van der Waals surface area contributed by atoms with Gasteiger partial charge in [-0.1, -0.05) is 34.8 Å². The van der Waals surface area contributed by atoms with Crippen LogP contribution in [0.4, 0.5) is 5.69 Å². The van der Waals surface area contributed by atoms with Crippen molar-refractivity contribution in [2.24, 2.45) is 0 Å². The first-order chi connectivity index (χ1) is 13.5. The zero-order chi connectivity index (χ0) is 20.1. The third kappa shape index (κ3) is 4.87. The van der Waals surface area contributed by atoms with E-state index in [9.17, 15) is 4.79 Å². The maximum Gasteiger partial charge on any atom is 0.257 e. The Morgan fingerprint density at radius 3 is 2.57 bits per heavy atom. The smallest absolute Gasteiger partial charge is 0.257 e. The van der Waals surface area contributed by atoms with Gasteiger partial charge in [0.15, 0.2) is 0 Å². The third-order valence-corrected chi connectivity index (χ3v) is 4.58. The van der Waals surface area contributed by atoms with E-state index in [0.717, 1.165) is 0 Å². The van der Waals surface area contributed by atoms with Crippen LogP contribution in [0.15, 0.2) is 54.7 Å². The fourth-order valence-corrected chi connectivity index (χ4v) is 2.97. The summed E-state index contributed by atoms with van der Waals surface area (Å²) in [6, 6.07) is 13.2. The van der Waals surface area contributed by atoms with E-state index in [0.29, 0.717) is 43.5 Å². The Balaban J connectivity index is 1.81. The number of nitrogens with one attached hydrogen (secondary N) is 1. The molecule has 1 amide bonds. The van der Waals surface area contributed by atoms with Crippen LogP contribution in [0.3, 0.4) is 0 Å². The summed E-state index contributed by atoms with van der Waals surface area (Å²) in [5.74, 6) is 0.525. The molecule has 0 unspecified atom stereocenters. The van der Waals surface area contributed by atoms with Gasteiger partial charge in [0, 0.05) is 22.3 Å². The lowest BCUT2D eigenvalue weighted by Gasteiger charge is -2.13. The molecule has 0 fully saturated rings. The van der Waals surface area contributed by atoms with Gasteiger partial charge in [0.2, 0.25) is 0 Å². The predicted molar refractivity (Wildman–Crippen MR) is 111 cm³/mol. The van der Waals surface area contributed by atoms with Crippen molar-refractivity contribution in [1.82, 2.24) is 4.98 Å². The highest BCUT2D eigenvalue weighted by atomic mass is 35.5. The summed E-state index contributed by atoms with van der Waals surface area (Å²) in [6.07, 6.45) is 1.58. The maximum absolute atomic E-state index is 12.8.